The average Bonchev–Trinajstić information content (AvgIpc) is 2.73. The first-order valence-electron chi connectivity index (χ1n) is 10.9. The number of carbonyl (C=O) groups is 1. The quantitative estimate of drug-likeness (QED) is 0.322. The van der Waals surface area contributed by atoms with Crippen molar-refractivity contribution in [3.05, 3.63) is 65.2 Å². The number of sulfonamides is 1. The molecule has 172 valence electrons. The Labute approximate surface area is 191 Å². The number of anilines is 1. The van der Waals surface area contributed by atoms with Gasteiger partial charge in [0.2, 0.25) is 10.0 Å². The Bertz CT molecular complexity index is 1100. The summed E-state index contributed by atoms with van der Waals surface area (Å²) in [6, 6.07) is 12.4. The molecule has 0 aromatic heterocycles. The van der Waals surface area contributed by atoms with Gasteiger partial charge in [0.25, 0.3) is 0 Å². The fraction of sp³-hybridized carbons (Fsp3) is 0.400. The molecule has 3 rings (SSSR count). The molecule has 6 nitrogen and oxygen atoms in total. The van der Waals surface area contributed by atoms with Crippen LogP contribution in [-0.4, -0.2) is 32.6 Å². The van der Waals surface area contributed by atoms with E-state index in [4.69, 9.17) is 4.74 Å². The van der Waals surface area contributed by atoms with Crippen molar-refractivity contribution in [1.29, 1.82) is 0 Å². The second-order valence-electron chi connectivity index (χ2n) is 8.84. The Balaban J connectivity index is 1.79. The van der Waals surface area contributed by atoms with Crippen LogP contribution >= 0.6 is 0 Å². The van der Waals surface area contributed by atoms with Gasteiger partial charge in [0.15, 0.2) is 5.78 Å². The molecule has 2 aromatic rings. The number of rotatable bonds is 9. The molecule has 0 fully saturated rings. The topological polar surface area (TPSA) is 84.5 Å². The van der Waals surface area contributed by atoms with Crippen LogP contribution in [0.2, 0.25) is 0 Å². The van der Waals surface area contributed by atoms with E-state index >= 15 is 0 Å². The van der Waals surface area contributed by atoms with Crippen molar-refractivity contribution in [3.8, 4) is 5.75 Å². The molecule has 0 unspecified atom stereocenters. The summed E-state index contributed by atoms with van der Waals surface area (Å²) < 4.78 is 32.3. The number of hydrogen-bond acceptors (Lipinski definition) is 5. The van der Waals surface area contributed by atoms with Crippen molar-refractivity contribution in [2.75, 3.05) is 17.6 Å². The Hall–Kier alpha value is -2.80. The van der Waals surface area contributed by atoms with Gasteiger partial charge >= 0.3 is 0 Å². The zero-order chi connectivity index (χ0) is 23.4. The number of allylic oxidation sites excluding steroid dienone is 1. The minimum absolute atomic E-state index is 0.0952. The zero-order valence-electron chi connectivity index (χ0n) is 19.2. The summed E-state index contributed by atoms with van der Waals surface area (Å²) in [5.74, 6) is 0.674. The van der Waals surface area contributed by atoms with Crippen LogP contribution in [0.3, 0.4) is 0 Å². The minimum atomic E-state index is -3.38. The lowest BCUT2D eigenvalue weighted by Crippen LogP contribution is -2.43. The Morgan fingerprint density at radius 1 is 1.16 bits per heavy atom. The molecule has 0 atom stereocenters. The van der Waals surface area contributed by atoms with E-state index in [1.165, 1.54) is 0 Å². The third-order valence-electron chi connectivity index (χ3n) is 5.45. The highest BCUT2D eigenvalue weighted by molar-refractivity contribution is 7.92. The fourth-order valence-electron chi connectivity index (χ4n) is 3.84. The molecule has 0 amide bonds. The monoisotopic (exact) mass is 456 g/mol. The van der Waals surface area contributed by atoms with Gasteiger partial charge in [-0.15, -0.1) is 0 Å². The number of hydrogen-bond donors (Lipinski definition) is 2. The number of ether oxygens (including phenoxy) is 1. The summed E-state index contributed by atoms with van der Waals surface area (Å²) in [5, 5.41) is 3.46. The second-order valence-corrected chi connectivity index (χ2v) is 10.7. The van der Waals surface area contributed by atoms with Gasteiger partial charge in [-0.25, -0.2) is 8.42 Å². The van der Waals surface area contributed by atoms with Crippen LogP contribution in [0.5, 0.6) is 5.75 Å². The molecular formula is C25H32N2O4S. The zero-order valence-corrected chi connectivity index (χ0v) is 20.0. The lowest BCUT2D eigenvalue weighted by molar-refractivity contribution is 0.104. The summed E-state index contributed by atoms with van der Waals surface area (Å²) in [4.78, 5) is 13.0. The largest absolute Gasteiger partial charge is 0.497 e. The van der Waals surface area contributed by atoms with Crippen molar-refractivity contribution in [2.45, 2.75) is 52.0 Å². The summed E-state index contributed by atoms with van der Waals surface area (Å²) in [6.45, 7) is 6.23. The first-order chi connectivity index (χ1) is 15.1. The molecule has 0 spiro atoms. The van der Waals surface area contributed by atoms with Crippen LogP contribution in [0.25, 0.3) is 5.70 Å². The van der Waals surface area contributed by atoms with Crippen LogP contribution in [-0.2, 0) is 16.4 Å². The van der Waals surface area contributed by atoms with Crippen molar-refractivity contribution < 1.29 is 17.9 Å². The molecular weight excluding hydrogens is 424 g/mol. The maximum absolute atomic E-state index is 13.0. The highest BCUT2D eigenvalue weighted by atomic mass is 32.2. The molecule has 0 aliphatic carbocycles. The van der Waals surface area contributed by atoms with Crippen molar-refractivity contribution >= 4 is 27.2 Å². The summed E-state index contributed by atoms with van der Waals surface area (Å²) in [7, 11) is -1.76. The van der Waals surface area contributed by atoms with Crippen LogP contribution in [0.1, 0.15) is 61.5 Å². The Kier molecular flexibility index (Phi) is 7.29. The number of carbonyl (C=O) groups excluding carboxylic acids is 1. The summed E-state index contributed by atoms with van der Waals surface area (Å²) in [5.41, 5.74) is 3.61. The van der Waals surface area contributed by atoms with Crippen LogP contribution in [0, 0.1) is 0 Å². The minimum Gasteiger partial charge on any atom is -0.497 e. The third kappa shape index (κ3) is 6.13. The van der Waals surface area contributed by atoms with Crippen molar-refractivity contribution in [2.24, 2.45) is 0 Å². The molecule has 0 radical (unpaired) electrons. The van der Waals surface area contributed by atoms with E-state index in [2.05, 4.69) is 23.9 Å². The van der Waals surface area contributed by atoms with Gasteiger partial charge < -0.3 is 10.1 Å². The SMILES string of the molecule is CCCCCS(=O)(=O)Nc1ccc(C(=O)/C=C2\NC(C)(C)Cc3ccc(OC)cc32)cc1. The van der Waals surface area contributed by atoms with E-state index in [0.29, 0.717) is 17.7 Å². The van der Waals surface area contributed by atoms with Gasteiger partial charge in [-0.3, -0.25) is 9.52 Å². The van der Waals surface area contributed by atoms with Crippen molar-refractivity contribution in [3.63, 3.8) is 0 Å². The molecule has 0 saturated carbocycles. The smallest absolute Gasteiger partial charge is 0.232 e. The Morgan fingerprint density at radius 3 is 2.53 bits per heavy atom. The molecule has 2 N–H and O–H groups in total. The van der Waals surface area contributed by atoms with Crippen LogP contribution in [0.15, 0.2) is 48.5 Å². The lowest BCUT2D eigenvalue weighted by atomic mass is 9.85. The molecule has 1 aliphatic heterocycles. The molecule has 1 heterocycles. The van der Waals surface area contributed by atoms with Gasteiger partial charge in [-0.1, -0.05) is 25.8 Å². The highest BCUT2D eigenvalue weighted by Crippen LogP contribution is 2.32. The van der Waals surface area contributed by atoms with E-state index in [1.54, 1.807) is 37.5 Å². The molecule has 1 aliphatic rings. The first-order valence-corrected chi connectivity index (χ1v) is 12.6. The van der Waals surface area contributed by atoms with Gasteiger partial charge in [0.1, 0.15) is 5.75 Å². The average molecular weight is 457 g/mol. The number of fused-ring (bicyclic) bond motifs is 1. The predicted molar refractivity (Wildman–Crippen MR) is 130 cm³/mol. The molecule has 2 aromatic carbocycles. The van der Waals surface area contributed by atoms with E-state index in [1.807, 2.05) is 25.1 Å². The normalized spacial score (nSPS) is 16.2. The van der Waals surface area contributed by atoms with Crippen molar-refractivity contribution in [1.82, 2.24) is 5.32 Å². The first kappa shape index (κ1) is 23.9. The van der Waals surface area contributed by atoms with E-state index in [0.717, 1.165) is 41.8 Å². The number of methoxy groups -OCH3 is 1. The summed E-state index contributed by atoms with van der Waals surface area (Å²) in [6.07, 6.45) is 4.91. The predicted octanol–water partition coefficient (Wildman–Crippen LogP) is 4.78. The molecule has 32 heavy (non-hydrogen) atoms. The molecule has 0 bridgehead atoms. The number of ketones is 1. The van der Waals surface area contributed by atoms with Gasteiger partial charge in [0, 0.05) is 34.1 Å². The molecule has 0 saturated heterocycles. The maximum atomic E-state index is 13.0. The highest BCUT2D eigenvalue weighted by Gasteiger charge is 2.28. The number of benzene rings is 2. The third-order valence-corrected chi connectivity index (χ3v) is 6.82. The Morgan fingerprint density at radius 2 is 1.88 bits per heavy atom. The lowest BCUT2D eigenvalue weighted by Gasteiger charge is -2.35. The van der Waals surface area contributed by atoms with E-state index < -0.39 is 10.0 Å². The van der Waals surface area contributed by atoms with Crippen LogP contribution in [0.4, 0.5) is 5.69 Å². The second kappa shape index (κ2) is 9.77. The number of nitrogens with one attached hydrogen (secondary N) is 2. The van der Waals surface area contributed by atoms with Gasteiger partial charge in [-0.05, 0) is 68.7 Å². The van der Waals surface area contributed by atoms with Gasteiger partial charge in [0.05, 0.1) is 12.9 Å². The summed E-state index contributed by atoms with van der Waals surface area (Å²) >= 11 is 0. The standard InChI is InChI=1S/C25H32N2O4S/c1-5-6-7-14-32(29,30)27-20-11-8-18(9-12-20)24(28)16-23-22-15-21(31-4)13-10-19(22)17-25(2,3)26-23/h8-13,15-16,26-27H,5-7,14,17H2,1-4H3/b23-16-. The fourth-order valence-corrected chi connectivity index (χ4v) is 5.02. The molecule has 7 heteroatoms. The maximum Gasteiger partial charge on any atom is 0.232 e. The van der Waals surface area contributed by atoms with E-state index in [9.17, 15) is 13.2 Å². The number of unbranched alkanes of at least 4 members (excludes halogenated alkanes) is 2. The van der Waals surface area contributed by atoms with Gasteiger partial charge in [-0.2, -0.15) is 0 Å². The van der Waals surface area contributed by atoms with E-state index in [-0.39, 0.29) is 17.1 Å². The van der Waals surface area contributed by atoms with Crippen LogP contribution < -0.4 is 14.8 Å².